The summed E-state index contributed by atoms with van der Waals surface area (Å²) in [4.78, 5) is 4.68. The van der Waals surface area contributed by atoms with Gasteiger partial charge in [0.25, 0.3) is 0 Å². The lowest BCUT2D eigenvalue weighted by Crippen LogP contribution is -2.19. The second-order valence-electron chi connectivity index (χ2n) is 4.46. The van der Waals surface area contributed by atoms with E-state index in [0.717, 1.165) is 16.9 Å². The van der Waals surface area contributed by atoms with Crippen LogP contribution in [0.1, 0.15) is 18.8 Å². The molecule has 4 heteroatoms. The molecule has 1 atom stereocenters. The van der Waals surface area contributed by atoms with Crippen LogP contribution in [0.2, 0.25) is 0 Å². The van der Waals surface area contributed by atoms with Gasteiger partial charge in [-0.25, -0.2) is 4.98 Å². The fourth-order valence-electron chi connectivity index (χ4n) is 2.25. The zero-order valence-corrected chi connectivity index (χ0v) is 10.5. The van der Waals surface area contributed by atoms with Gasteiger partial charge >= 0.3 is 0 Å². The lowest BCUT2D eigenvalue weighted by atomic mass is 10.3. The van der Waals surface area contributed by atoms with Crippen LogP contribution in [0.25, 0.3) is 11.0 Å². The maximum atomic E-state index is 4.68. The van der Waals surface area contributed by atoms with Crippen LogP contribution >= 0.6 is 0 Å². The zero-order chi connectivity index (χ0) is 12.5. The monoisotopic (exact) mass is 240 g/mol. The van der Waals surface area contributed by atoms with Gasteiger partial charge in [-0.3, -0.25) is 4.68 Å². The lowest BCUT2D eigenvalue weighted by Gasteiger charge is -2.15. The molecule has 2 heterocycles. The largest absolute Gasteiger partial charge is 0.329 e. The standard InChI is InChI=1S/C14H16N4/c1-11(16-18-9-5-6-10-18)14-15-12-7-3-4-8-13(12)17(14)2/h3-11,16H,1-2H3. The molecule has 2 aromatic heterocycles. The maximum Gasteiger partial charge on any atom is 0.133 e. The van der Waals surface area contributed by atoms with Crippen LogP contribution in [0.4, 0.5) is 0 Å². The van der Waals surface area contributed by atoms with Gasteiger partial charge in [-0.2, -0.15) is 0 Å². The van der Waals surface area contributed by atoms with Crippen LogP contribution in [0, 0.1) is 0 Å². The molecule has 92 valence electrons. The fourth-order valence-corrected chi connectivity index (χ4v) is 2.25. The van der Waals surface area contributed by atoms with E-state index in [4.69, 9.17) is 0 Å². The first-order valence-electron chi connectivity index (χ1n) is 6.06. The summed E-state index contributed by atoms with van der Waals surface area (Å²) in [5, 5.41) is 0. The van der Waals surface area contributed by atoms with E-state index in [1.54, 1.807) is 0 Å². The number of aromatic nitrogens is 3. The summed E-state index contributed by atoms with van der Waals surface area (Å²) in [6.07, 6.45) is 3.97. The van der Waals surface area contributed by atoms with Gasteiger partial charge in [0.1, 0.15) is 5.82 Å². The molecule has 0 amide bonds. The van der Waals surface area contributed by atoms with Gasteiger partial charge in [-0.15, -0.1) is 0 Å². The Labute approximate surface area is 106 Å². The van der Waals surface area contributed by atoms with Crippen molar-refractivity contribution in [2.75, 3.05) is 5.43 Å². The fraction of sp³-hybridized carbons (Fsp3) is 0.214. The first-order valence-corrected chi connectivity index (χ1v) is 6.06. The van der Waals surface area contributed by atoms with Crippen LogP contribution in [0.15, 0.2) is 48.8 Å². The molecular formula is C14H16N4. The maximum absolute atomic E-state index is 4.68. The summed E-state index contributed by atoms with van der Waals surface area (Å²) in [6, 6.07) is 12.3. The molecule has 3 rings (SSSR count). The van der Waals surface area contributed by atoms with Gasteiger partial charge in [0.05, 0.1) is 17.1 Å². The van der Waals surface area contributed by atoms with Crippen molar-refractivity contribution in [2.45, 2.75) is 13.0 Å². The molecule has 0 radical (unpaired) electrons. The van der Waals surface area contributed by atoms with Gasteiger partial charge in [0.15, 0.2) is 0 Å². The van der Waals surface area contributed by atoms with Gasteiger partial charge in [0.2, 0.25) is 0 Å². The van der Waals surface area contributed by atoms with E-state index in [1.165, 1.54) is 0 Å². The number of benzene rings is 1. The molecule has 1 aromatic carbocycles. The van der Waals surface area contributed by atoms with Crippen molar-refractivity contribution in [3.8, 4) is 0 Å². The third-order valence-corrected chi connectivity index (χ3v) is 3.16. The van der Waals surface area contributed by atoms with E-state index < -0.39 is 0 Å². The minimum atomic E-state index is 0.148. The minimum Gasteiger partial charge on any atom is -0.329 e. The van der Waals surface area contributed by atoms with E-state index >= 15 is 0 Å². The second kappa shape index (κ2) is 4.22. The molecule has 1 unspecified atom stereocenters. The molecule has 0 aliphatic rings. The van der Waals surface area contributed by atoms with E-state index in [9.17, 15) is 0 Å². The highest BCUT2D eigenvalue weighted by Crippen LogP contribution is 2.19. The predicted octanol–water partition coefficient (Wildman–Crippen LogP) is 2.68. The Morgan fingerprint density at radius 1 is 1.11 bits per heavy atom. The lowest BCUT2D eigenvalue weighted by molar-refractivity contribution is 0.658. The number of hydrogen-bond acceptors (Lipinski definition) is 2. The summed E-state index contributed by atoms with van der Waals surface area (Å²) in [5.74, 6) is 1.03. The summed E-state index contributed by atoms with van der Waals surface area (Å²) < 4.78 is 4.08. The van der Waals surface area contributed by atoms with Crippen LogP contribution < -0.4 is 5.43 Å². The summed E-state index contributed by atoms with van der Waals surface area (Å²) in [6.45, 7) is 2.11. The van der Waals surface area contributed by atoms with Crippen LogP contribution in [0.3, 0.4) is 0 Å². The van der Waals surface area contributed by atoms with Crippen molar-refractivity contribution in [3.63, 3.8) is 0 Å². The molecule has 3 aromatic rings. The SMILES string of the molecule is CC(Nn1cccc1)c1nc2ccccc2n1C. The first kappa shape index (κ1) is 10.9. The third-order valence-electron chi connectivity index (χ3n) is 3.16. The molecule has 0 aliphatic carbocycles. The molecule has 0 saturated carbocycles. The number of fused-ring (bicyclic) bond motifs is 1. The number of imidazole rings is 1. The molecule has 0 aliphatic heterocycles. The Bertz CT molecular complexity index is 652. The zero-order valence-electron chi connectivity index (χ0n) is 10.5. The minimum absolute atomic E-state index is 0.148. The van der Waals surface area contributed by atoms with Crippen molar-refractivity contribution in [2.24, 2.45) is 7.05 Å². The predicted molar refractivity (Wildman–Crippen MR) is 72.9 cm³/mol. The van der Waals surface area contributed by atoms with Crippen molar-refractivity contribution < 1.29 is 0 Å². The molecule has 0 spiro atoms. The Morgan fingerprint density at radius 2 is 1.83 bits per heavy atom. The highest BCUT2D eigenvalue weighted by atomic mass is 15.4. The topological polar surface area (TPSA) is 34.8 Å². The smallest absolute Gasteiger partial charge is 0.133 e. The molecular weight excluding hydrogens is 224 g/mol. The Morgan fingerprint density at radius 3 is 2.56 bits per heavy atom. The van der Waals surface area contributed by atoms with Crippen LogP contribution in [0.5, 0.6) is 0 Å². The number of nitrogens with zero attached hydrogens (tertiary/aromatic N) is 3. The second-order valence-corrected chi connectivity index (χ2v) is 4.46. The highest BCUT2D eigenvalue weighted by Gasteiger charge is 2.13. The van der Waals surface area contributed by atoms with Crippen LogP contribution in [-0.4, -0.2) is 14.2 Å². The normalized spacial score (nSPS) is 12.8. The summed E-state index contributed by atoms with van der Waals surface area (Å²) in [7, 11) is 2.05. The van der Waals surface area contributed by atoms with Crippen LogP contribution in [-0.2, 0) is 7.05 Å². The van der Waals surface area contributed by atoms with Gasteiger partial charge in [-0.05, 0) is 31.2 Å². The van der Waals surface area contributed by atoms with E-state index in [-0.39, 0.29) is 6.04 Å². The molecule has 0 bridgehead atoms. The number of aryl methyl sites for hydroxylation is 1. The third kappa shape index (κ3) is 1.76. The average molecular weight is 240 g/mol. The Balaban J connectivity index is 1.96. The van der Waals surface area contributed by atoms with Crippen molar-refractivity contribution in [3.05, 3.63) is 54.6 Å². The van der Waals surface area contributed by atoms with Crippen molar-refractivity contribution >= 4 is 11.0 Å². The molecule has 4 nitrogen and oxygen atoms in total. The Hall–Kier alpha value is -2.23. The first-order chi connectivity index (χ1) is 8.75. The van der Waals surface area contributed by atoms with Gasteiger partial charge < -0.3 is 9.99 Å². The van der Waals surface area contributed by atoms with Gasteiger partial charge in [-0.1, -0.05) is 12.1 Å². The quantitative estimate of drug-likeness (QED) is 0.764. The number of para-hydroxylation sites is 2. The van der Waals surface area contributed by atoms with Gasteiger partial charge in [0, 0.05) is 19.4 Å². The molecule has 0 fully saturated rings. The molecule has 18 heavy (non-hydrogen) atoms. The van der Waals surface area contributed by atoms with E-state index in [0.29, 0.717) is 0 Å². The average Bonchev–Trinajstić information content (AvgIpc) is 2.98. The number of nitrogens with one attached hydrogen (secondary N) is 1. The molecule has 0 saturated heterocycles. The van der Waals surface area contributed by atoms with E-state index in [2.05, 4.69) is 35.0 Å². The Kier molecular flexibility index (Phi) is 2.55. The summed E-state index contributed by atoms with van der Waals surface area (Å²) in [5.41, 5.74) is 5.57. The molecule has 1 N–H and O–H groups in total. The highest BCUT2D eigenvalue weighted by molar-refractivity contribution is 5.75. The summed E-state index contributed by atoms with van der Waals surface area (Å²) >= 11 is 0. The van der Waals surface area contributed by atoms with Crippen molar-refractivity contribution in [1.82, 2.24) is 14.2 Å². The van der Waals surface area contributed by atoms with E-state index in [1.807, 2.05) is 47.4 Å². The van der Waals surface area contributed by atoms with Crippen molar-refractivity contribution in [1.29, 1.82) is 0 Å². The number of hydrogen-bond donors (Lipinski definition) is 1. The number of rotatable bonds is 3.